The van der Waals surface area contributed by atoms with Gasteiger partial charge in [0.1, 0.15) is 36.6 Å². The van der Waals surface area contributed by atoms with Crippen LogP contribution in [0.2, 0.25) is 0 Å². The van der Waals surface area contributed by atoms with Gasteiger partial charge in [0.05, 0.1) is 19.3 Å². The maximum Gasteiger partial charge on any atom is 0.486 e. The second-order valence-corrected chi connectivity index (χ2v) is 11.4. The lowest BCUT2D eigenvalue weighted by Crippen LogP contribution is -2.64. The van der Waals surface area contributed by atoms with Crippen LogP contribution in [0.3, 0.4) is 0 Å². The highest BCUT2D eigenvalue weighted by Crippen LogP contribution is 2.62. The quantitative estimate of drug-likeness (QED) is 0.113. The number of nitrogens with zero attached hydrogens (tertiary/aromatic N) is 1. The second-order valence-electron chi connectivity index (χ2n) is 8.42. The van der Waals surface area contributed by atoms with Crippen LogP contribution in [0.5, 0.6) is 0 Å². The van der Waals surface area contributed by atoms with Crippen LogP contribution in [0.25, 0.3) is 0 Å². The highest BCUT2D eigenvalue weighted by atomic mass is 31.3. The SMILES string of the molecule is CC(=O)N[C@H]1[C@H](O)[C@@H](O)[C@H](OP(=O)(OC[C@@H]2O[C@H](n3ccc(=O)[nH]c3=O)C(O)C2O)OP(=O)(O)O)O[C@@H]1CO. The summed E-state index contributed by atoms with van der Waals surface area (Å²) in [5.74, 6) is -0.675. The summed E-state index contributed by atoms with van der Waals surface area (Å²) in [4.78, 5) is 54.9. The molecule has 1 aromatic rings. The number of hydrogen-bond donors (Lipinski definition) is 9. The van der Waals surface area contributed by atoms with Crippen molar-refractivity contribution in [2.24, 2.45) is 0 Å². The van der Waals surface area contributed by atoms with Gasteiger partial charge < -0.3 is 50.1 Å². The first-order chi connectivity index (χ1) is 18.0. The maximum absolute atomic E-state index is 13.1. The summed E-state index contributed by atoms with van der Waals surface area (Å²) < 4.78 is 49.6. The Balaban J connectivity index is 1.78. The van der Waals surface area contributed by atoms with Crippen LogP contribution in [-0.4, -0.2) is 113 Å². The van der Waals surface area contributed by atoms with Gasteiger partial charge in [-0.05, 0) is 0 Å². The van der Waals surface area contributed by atoms with Crippen molar-refractivity contribution in [3.63, 3.8) is 0 Å². The molecule has 2 aliphatic heterocycles. The van der Waals surface area contributed by atoms with Gasteiger partial charge in [-0.1, -0.05) is 0 Å². The van der Waals surface area contributed by atoms with E-state index < -0.39 is 101 Å². The van der Waals surface area contributed by atoms with Crippen LogP contribution in [0.1, 0.15) is 13.2 Å². The number of aliphatic hydroxyl groups is 5. The van der Waals surface area contributed by atoms with E-state index in [1.165, 1.54) is 0 Å². The van der Waals surface area contributed by atoms with Crippen LogP contribution < -0.4 is 16.6 Å². The van der Waals surface area contributed by atoms with E-state index in [2.05, 4.69) is 9.63 Å². The summed E-state index contributed by atoms with van der Waals surface area (Å²) in [6, 6.07) is -0.453. The lowest BCUT2D eigenvalue weighted by molar-refractivity contribution is -0.256. The molecule has 10 atom stereocenters. The minimum Gasteiger partial charge on any atom is -0.394 e. The molecular weight excluding hydrogens is 580 g/mol. The van der Waals surface area contributed by atoms with E-state index in [0.717, 1.165) is 19.2 Å². The Bertz CT molecular complexity index is 1230. The molecule has 222 valence electrons. The monoisotopic (exact) mass is 607 g/mol. The third kappa shape index (κ3) is 7.66. The molecule has 0 spiro atoms. The highest BCUT2D eigenvalue weighted by Gasteiger charge is 2.51. The molecule has 3 heterocycles. The van der Waals surface area contributed by atoms with Crippen molar-refractivity contribution in [1.29, 1.82) is 0 Å². The van der Waals surface area contributed by atoms with Gasteiger partial charge in [0.15, 0.2) is 12.5 Å². The zero-order valence-corrected chi connectivity index (χ0v) is 21.6. The van der Waals surface area contributed by atoms with Gasteiger partial charge in [0, 0.05) is 19.2 Å². The van der Waals surface area contributed by atoms with E-state index in [4.69, 9.17) is 18.5 Å². The van der Waals surface area contributed by atoms with E-state index in [-0.39, 0.29) is 0 Å². The molecule has 2 saturated heterocycles. The van der Waals surface area contributed by atoms with Gasteiger partial charge in [0.25, 0.3) is 5.56 Å². The molecule has 0 aliphatic carbocycles. The fraction of sp³-hybridized carbons (Fsp3) is 0.706. The molecule has 1 aromatic heterocycles. The van der Waals surface area contributed by atoms with Crippen molar-refractivity contribution < 1.29 is 72.1 Å². The average molecular weight is 607 g/mol. The smallest absolute Gasteiger partial charge is 0.394 e. The number of H-pyrrole nitrogens is 1. The summed E-state index contributed by atoms with van der Waals surface area (Å²) >= 11 is 0. The van der Waals surface area contributed by atoms with Gasteiger partial charge in [0.2, 0.25) is 5.91 Å². The number of carbonyl (C=O) groups excluding carboxylic acids is 1. The Labute approximate surface area is 217 Å². The van der Waals surface area contributed by atoms with Crippen LogP contribution >= 0.6 is 15.6 Å². The van der Waals surface area contributed by atoms with Crippen molar-refractivity contribution in [3.05, 3.63) is 33.1 Å². The summed E-state index contributed by atoms with van der Waals surface area (Å²) in [5, 5.41) is 53.0. The maximum atomic E-state index is 13.1. The van der Waals surface area contributed by atoms with Crippen molar-refractivity contribution in [2.75, 3.05) is 13.2 Å². The first-order valence-corrected chi connectivity index (χ1v) is 14.0. The Hall–Kier alpha value is -1.87. The van der Waals surface area contributed by atoms with Gasteiger partial charge >= 0.3 is 21.3 Å². The van der Waals surface area contributed by atoms with Gasteiger partial charge in [-0.2, -0.15) is 4.31 Å². The van der Waals surface area contributed by atoms with E-state index >= 15 is 0 Å². The number of ether oxygens (including phenoxy) is 2. The van der Waals surface area contributed by atoms with Crippen LogP contribution in [0.4, 0.5) is 0 Å². The van der Waals surface area contributed by atoms with Gasteiger partial charge in [-0.15, -0.1) is 0 Å². The van der Waals surface area contributed by atoms with Gasteiger partial charge in [-0.3, -0.25) is 28.2 Å². The first-order valence-electron chi connectivity index (χ1n) is 11.0. The Morgan fingerprint density at radius 1 is 1.08 bits per heavy atom. The minimum atomic E-state index is -5.65. The average Bonchev–Trinajstić information content (AvgIpc) is 3.09. The Morgan fingerprint density at radius 2 is 1.74 bits per heavy atom. The van der Waals surface area contributed by atoms with E-state index in [0.29, 0.717) is 4.57 Å². The lowest BCUT2D eigenvalue weighted by atomic mass is 9.96. The summed E-state index contributed by atoms with van der Waals surface area (Å²) in [6.07, 6.45) is -13.6. The van der Waals surface area contributed by atoms with E-state index in [1.807, 2.05) is 4.98 Å². The molecule has 1 amide bonds. The molecule has 20 nitrogen and oxygen atoms in total. The minimum absolute atomic E-state index is 0.675. The van der Waals surface area contributed by atoms with Crippen molar-refractivity contribution in [2.45, 2.75) is 62.1 Å². The predicted octanol–water partition coefficient (Wildman–Crippen LogP) is -4.65. The first kappa shape index (κ1) is 31.7. The standard InChI is InChI=1S/C17H27N3O17P2/c1-6(22)18-10-7(4-21)35-16(14(27)12(10)25)36-39(32,37-38(29,30)31)33-5-8-11(24)13(26)15(34-8)20-3-2-9(23)19-17(20)28/h2-3,7-8,10-16,21,24-27H,4-5H2,1H3,(H,18,22)(H,19,23,28)(H2,29,30,31)/t7-,8+,10-,11?,12+,13?,14-,15+,16+,39?/m1/s1. The predicted molar refractivity (Wildman–Crippen MR) is 120 cm³/mol. The van der Waals surface area contributed by atoms with Crippen LogP contribution in [0.15, 0.2) is 21.9 Å². The van der Waals surface area contributed by atoms with Crippen molar-refractivity contribution in [1.82, 2.24) is 14.9 Å². The number of phosphoric ester groups is 1. The largest absolute Gasteiger partial charge is 0.486 e. The van der Waals surface area contributed by atoms with Crippen LogP contribution in [-0.2, 0) is 36.8 Å². The zero-order valence-electron chi connectivity index (χ0n) is 19.8. The Kier molecular flexibility index (Phi) is 10.0. The molecule has 2 aliphatic rings. The number of aromatic amines is 1. The molecule has 22 heteroatoms. The number of rotatable bonds is 10. The number of hydrogen-bond acceptors (Lipinski definition) is 15. The topological polar surface area (TPSA) is 306 Å². The zero-order chi connectivity index (χ0) is 29.3. The molecule has 0 radical (unpaired) electrons. The number of phosphoric acid groups is 2. The molecule has 0 saturated carbocycles. The molecule has 0 bridgehead atoms. The molecule has 9 N–H and O–H groups in total. The number of aromatic nitrogens is 2. The van der Waals surface area contributed by atoms with E-state index in [1.54, 1.807) is 0 Å². The molecule has 3 unspecified atom stereocenters. The third-order valence-electron chi connectivity index (χ3n) is 5.55. The molecular formula is C17H27N3O17P2. The number of carbonyl (C=O) groups is 1. The summed E-state index contributed by atoms with van der Waals surface area (Å²) in [6.45, 7) is -0.863. The highest BCUT2D eigenvalue weighted by molar-refractivity contribution is 7.61. The lowest BCUT2D eigenvalue weighted by Gasteiger charge is -2.42. The second kappa shape index (κ2) is 12.3. The van der Waals surface area contributed by atoms with E-state index in [9.17, 15) is 58.8 Å². The van der Waals surface area contributed by atoms with Crippen LogP contribution in [0, 0.1) is 0 Å². The third-order valence-corrected chi connectivity index (χ3v) is 8.14. The number of amides is 1. The normalized spacial score (nSPS) is 34.9. The summed E-state index contributed by atoms with van der Waals surface area (Å²) in [7, 11) is -11.1. The molecule has 0 aromatic carbocycles. The van der Waals surface area contributed by atoms with Crippen molar-refractivity contribution in [3.8, 4) is 0 Å². The van der Waals surface area contributed by atoms with Gasteiger partial charge in [-0.25, -0.2) is 13.9 Å². The van der Waals surface area contributed by atoms with Crippen molar-refractivity contribution >= 4 is 21.6 Å². The molecule has 39 heavy (non-hydrogen) atoms. The number of aliphatic hydroxyl groups excluding tert-OH is 5. The molecule has 3 rings (SSSR count). The summed E-state index contributed by atoms with van der Waals surface area (Å²) in [5.41, 5.74) is -1.78. The fourth-order valence-corrected chi connectivity index (χ4v) is 6.01. The molecule has 2 fully saturated rings. The number of nitrogens with one attached hydrogen (secondary N) is 2. The fourth-order valence-electron chi connectivity index (χ4n) is 3.81. The Morgan fingerprint density at radius 3 is 2.31 bits per heavy atom.